The van der Waals surface area contributed by atoms with Crippen molar-refractivity contribution in [1.82, 2.24) is 9.97 Å². The van der Waals surface area contributed by atoms with Crippen LogP contribution in [0.25, 0.3) is 78.4 Å². The van der Waals surface area contributed by atoms with Crippen molar-refractivity contribution in [1.29, 1.82) is 0 Å². The Morgan fingerprint density at radius 3 is 2.25 bits per heavy atom. The molecule has 2 atom stereocenters. The quantitative estimate of drug-likeness (QED) is 0.154. The Labute approximate surface area is 347 Å². The van der Waals surface area contributed by atoms with Crippen LogP contribution in [0.2, 0.25) is 0 Å². The van der Waals surface area contributed by atoms with Crippen molar-refractivity contribution in [2.24, 2.45) is 5.92 Å². The predicted octanol–water partition coefficient (Wildman–Crippen LogP) is 12.9. The Bertz CT molecular complexity index is 3140. The fraction of sp³-hybridized carbons (Fsp3) is 0.0980. The summed E-state index contributed by atoms with van der Waals surface area (Å²) in [6, 6.07) is 40.6. The predicted molar refractivity (Wildman–Crippen MR) is 222 cm³/mol. The smallest absolute Gasteiger partial charge is 0.125 e. The van der Waals surface area contributed by atoms with E-state index in [1.807, 2.05) is 30.3 Å². The largest absolute Gasteiger partial charge is 0.500 e. The molecule has 11 rings (SSSR count). The number of hydrogen-bond donors (Lipinski definition) is 0. The summed E-state index contributed by atoms with van der Waals surface area (Å²) in [7, 11) is 0. The van der Waals surface area contributed by atoms with Crippen molar-refractivity contribution in [3.8, 4) is 44.8 Å². The maximum absolute atomic E-state index is 8.30. The van der Waals surface area contributed by atoms with Gasteiger partial charge in [0.2, 0.25) is 0 Å². The van der Waals surface area contributed by atoms with Gasteiger partial charge in [0.05, 0.1) is 5.58 Å². The fourth-order valence-corrected chi connectivity index (χ4v) is 7.79. The number of nitrogens with zero attached hydrogens (tertiary/aromatic N) is 2. The van der Waals surface area contributed by atoms with E-state index >= 15 is 0 Å². The third-order valence-corrected chi connectivity index (χ3v) is 10.5. The van der Waals surface area contributed by atoms with E-state index in [1.165, 1.54) is 41.7 Å². The second-order valence-electron chi connectivity index (χ2n) is 13.8. The van der Waals surface area contributed by atoms with Gasteiger partial charge in [0.15, 0.2) is 0 Å². The van der Waals surface area contributed by atoms with Gasteiger partial charge in [-0.05, 0) is 87.3 Å². The molecule has 4 heterocycles. The van der Waals surface area contributed by atoms with Gasteiger partial charge in [0.25, 0.3) is 0 Å². The summed E-state index contributed by atoms with van der Waals surface area (Å²) >= 11 is 0. The summed E-state index contributed by atoms with van der Waals surface area (Å²) in [6.45, 7) is -6.67. The molecule has 0 saturated carbocycles. The minimum Gasteiger partial charge on any atom is -0.500 e. The molecule has 3 nitrogen and oxygen atoms in total. The van der Waals surface area contributed by atoms with E-state index in [0.29, 0.717) is 28.1 Å². The van der Waals surface area contributed by atoms with Crippen LogP contribution in [0.5, 0.6) is 0 Å². The Morgan fingerprint density at radius 2 is 1.45 bits per heavy atom. The Balaban J connectivity index is 0.000000209. The van der Waals surface area contributed by atoms with Gasteiger partial charge < -0.3 is 14.4 Å². The van der Waals surface area contributed by atoms with Crippen LogP contribution in [0, 0.1) is 38.6 Å². The maximum atomic E-state index is 8.30. The second kappa shape index (κ2) is 14.0. The Kier molecular flexibility index (Phi) is 6.63. The molecule has 0 spiro atoms. The van der Waals surface area contributed by atoms with E-state index in [2.05, 4.69) is 101 Å². The average molecular weight is 894 g/mol. The van der Waals surface area contributed by atoms with Crippen molar-refractivity contribution in [3.05, 3.63) is 191 Å². The fourth-order valence-electron chi connectivity index (χ4n) is 7.79. The summed E-state index contributed by atoms with van der Waals surface area (Å²) in [4.78, 5) is 8.75. The SMILES string of the molecule is [2H]C([2H])([2H])c1c[c-]c(-c2ccc(C([2H])([2H])[2H])cn2)cc1.[2H]C([2H])([2H])c1cnc2cc1-c1cccc(c1)-c1cccc(c1)C1=CC3c4c(ccc5c4oc4c-2[c-]ccc45)C=CC3C=C1.[Ir]. The number of rotatable bonds is 1. The molecule has 55 heavy (non-hydrogen) atoms. The van der Waals surface area contributed by atoms with Gasteiger partial charge in [-0.15, -0.1) is 53.6 Å². The van der Waals surface area contributed by atoms with Gasteiger partial charge in [0.1, 0.15) is 5.58 Å². The molecule has 1 aliphatic heterocycles. The number of benzene rings is 5. The third-order valence-electron chi connectivity index (χ3n) is 10.5. The van der Waals surface area contributed by atoms with Crippen LogP contribution < -0.4 is 0 Å². The van der Waals surface area contributed by atoms with Gasteiger partial charge in [-0.25, -0.2) is 0 Å². The molecule has 267 valence electrons. The molecule has 1 radical (unpaired) electrons. The first kappa shape index (κ1) is 26.0. The molecular weight excluding hydrogens is 849 g/mol. The van der Waals surface area contributed by atoms with Crippen molar-refractivity contribution in [3.63, 3.8) is 0 Å². The summed E-state index contributed by atoms with van der Waals surface area (Å²) in [5.74, 6) is 0.363. The van der Waals surface area contributed by atoms with Gasteiger partial charge in [-0.3, -0.25) is 0 Å². The van der Waals surface area contributed by atoms with Crippen molar-refractivity contribution in [2.75, 3.05) is 0 Å². The zero-order valence-electron chi connectivity index (χ0n) is 38.2. The van der Waals surface area contributed by atoms with Crippen LogP contribution in [0.4, 0.5) is 0 Å². The minimum absolute atomic E-state index is 0. The summed E-state index contributed by atoms with van der Waals surface area (Å²) < 4.78 is 75.4. The molecule has 5 aromatic carbocycles. The summed E-state index contributed by atoms with van der Waals surface area (Å²) in [5, 5.41) is 2.05. The monoisotopic (exact) mass is 894 g/mol. The molecule has 0 N–H and O–H groups in total. The first-order valence-corrected chi connectivity index (χ1v) is 17.8. The number of fused-ring (bicyclic) bond motifs is 11. The van der Waals surface area contributed by atoms with E-state index in [9.17, 15) is 0 Å². The van der Waals surface area contributed by atoms with Gasteiger partial charge in [-0.1, -0.05) is 115 Å². The zero-order valence-corrected chi connectivity index (χ0v) is 31.6. The number of pyridine rings is 2. The van der Waals surface area contributed by atoms with Gasteiger partial charge in [-0.2, -0.15) is 0 Å². The van der Waals surface area contributed by atoms with Crippen LogP contribution >= 0.6 is 0 Å². The van der Waals surface area contributed by atoms with E-state index in [-0.39, 0.29) is 48.6 Å². The molecule has 4 heteroatoms. The summed E-state index contributed by atoms with van der Waals surface area (Å²) in [6.07, 6.45) is 14.2. The third kappa shape index (κ3) is 6.22. The first-order chi connectivity index (χ1) is 30.1. The van der Waals surface area contributed by atoms with Gasteiger partial charge in [0, 0.05) is 67.6 Å². The molecule has 8 aromatic rings. The standard InChI is InChI=1S/C38H24NO.C13H12N.Ir/c1-22-21-39-35-20-33(22)29-8-3-7-27(18-29)25-5-2-6-26(17-25)28-14-12-23-11-13-24-15-16-31-30-9-4-10-32(35)37(30)40-38(31)36(24)34(23)19-28;1-10-3-6-12(7-4-10)13-8-5-11(2)9-14-13;/h2-9,11-21,23,34H,1H3;3-6,8-9H,1-2H3;/q2*-1;/i1D3;1D3,2D3;. The molecule has 0 fully saturated rings. The van der Waals surface area contributed by atoms with Crippen molar-refractivity contribution >= 4 is 33.6 Å². The van der Waals surface area contributed by atoms with E-state index in [0.717, 1.165) is 49.7 Å². The maximum Gasteiger partial charge on any atom is 0.125 e. The number of allylic oxidation sites excluding steroid dienone is 5. The first-order valence-electron chi connectivity index (χ1n) is 22.3. The minimum atomic E-state index is -2.33. The molecule has 3 aromatic heterocycles. The van der Waals surface area contributed by atoms with Crippen LogP contribution in [-0.2, 0) is 20.1 Å². The molecule has 2 aliphatic carbocycles. The van der Waals surface area contributed by atoms with E-state index < -0.39 is 20.6 Å². The van der Waals surface area contributed by atoms with Crippen molar-refractivity contribution < 1.29 is 36.9 Å². The Hall–Kier alpha value is -5.93. The molecule has 0 amide bonds. The normalized spacial score (nSPS) is 18.8. The summed E-state index contributed by atoms with van der Waals surface area (Å²) in [5.41, 5.74) is 12.9. The van der Waals surface area contributed by atoms with Gasteiger partial charge >= 0.3 is 0 Å². The van der Waals surface area contributed by atoms with E-state index in [1.54, 1.807) is 12.1 Å². The number of furan rings is 1. The zero-order chi connectivity index (χ0) is 43.8. The van der Waals surface area contributed by atoms with Crippen LogP contribution in [0.1, 0.15) is 51.6 Å². The van der Waals surface area contributed by atoms with E-state index in [4.69, 9.17) is 16.8 Å². The van der Waals surface area contributed by atoms with Crippen LogP contribution in [0.3, 0.4) is 0 Å². The number of aryl methyl sites for hydroxylation is 3. The molecule has 10 bridgehead atoms. The molecular formula is C51H36IrN2O-2. The molecule has 3 aliphatic rings. The Morgan fingerprint density at radius 1 is 0.673 bits per heavy atom. The molecule has 0 saturated heterocycles. The second-order valence-corrected chi connectivity index (χ2v) is 13.8. The van der Waals surface area contributed by atoms with Crippen LogP contribution in [-0.4, -0.2) is 9.97 Å². The molecule has 2 unspecified atom stereocenters. The van der Waals surface area contributed by atoms with Crippen LogP contribution in [0.15, 0.2) is 150 Å². The van der Waals surface area contributed by atoms with Crippen molar-refractivity contribution in [2.45, 2.75) is 26.5 Å². The number of aromatic nitrogens is 2. The topological polar surface area (TPSA) is 38.9 Å². The average Bonchev–Trinajstić information content (AvgIpc) is 3.67. The number of hydrogen-bond acceptors (Lipinski definition) is 3.